The van der Waals surface area contributed by atoms with Crippen LogP contribution in [0.15, 0.2) is 30.5 Å². The number of halogens is 1. The van der Waals surface area contributed by atoms with Gasteiger partial charge in [0.2, 0.25) is 0 Å². The molecule has 0 fully saturated rings. The van der Waals surface area contributed by atoms with Crippen molar-refractivity contribution in [2.75, 3.05) is 5.32 Å². The van der Waals surface area contributed by atoms with E-state index in [2.05, 4.69) is 16.4 Å². The Labute approximate surface area is 111 Å². The average molecular weight is 255 g/mol. The lowest BCUT2D eigenvalue weighted by atomic mass is 10.1. The highest BCUT2D eigenvalue weighted by Gasteiger charge is 2.06. The largest absolute Gasteiger partial charge is 0.365 e. The summed E-state index contributed by atoms with van der Waals surface area (Å²) in [5.74, 6) is 0.379. The van der Waals surface area contributed by atoms with Crippen LogP contribution >= 0.6 is 0 Å². The average Bonchev–Trinajstić information content (AvgIpc) is 2.42. The smallest absolute Gasteiger partial charge is 0.144 e. The Morgan fingerprint density at radius 3 is 2.63 bits per heavy atom. The van der Waals surface area contributed by atoms with Crippen molar-refractivity contribution < 1.29 is 4.39 Å². The van der Waals surface area contributed by atoms with E-state index in [0.717, 1.165) is 5.56 Å². The Morgan fingerprint density at radius 2 is 2.00 bits per heavy atom. The molecule has 96 valence electrons. The number of aromatic nitrogens is 1. The summed E-state index contributed by atoms with van der Waals surface area (Å²) >= 11 is 0. The monoisotopic (exact) mass is 255 g/mol. The van der Waals surface area contributed by atoms with Crippen molar-refractivity contribution in [3.63, 3.8) is 0 Å². The van der Waals surface area contributed by atoms with Crippen molar-refractivity contribution in [1.29, 1.82) is 5.26 Å². The molecule has 4 heteroatoms. The minimum absolute atomic E-state index is 0.167. The third-order valence-electron chi connectivity index (χ3n) is 2.88. The van der Waals surface area contributed by atoms with E-state index in [4.69, 9.17) is 5.26 Å². The quantitative estimate of drug-likeness (QED) is 0.915. The highest BCUT2D eigenvalue weighted by molar-refractivity contribution is 5.51. The summed E-state index contributed by atoms with van der Waals surface area (Å²) in [5, 5.41) is 12.1. The number of hydrogen-bond acceptors (Lipinski definition) is 3. The number of nitriles is 1. The van der Waals surface area contributed by atoms with Crippen LogP contribution in [0.5, 0.6) is 0 Å². The minimum atomic E-state index is -0.167. The fraction of sp³-hybridized carbons (Fsp3) is 0.200. The van der Waals surface area contributed by atoms with Gasteiger partial charge in [0, 0.05) is 12.7 Å². The SMILES string of the molecule is Cc1cc(CNc2ncccc2C#N)cc(C)c1F. The number of hydrogen-bond donors (Lipinski definition) is 1. The van der Waals surface area contributed by atoms with Gasteiger partial charge in [-0.3, -0.25) is 0 Å². The Hall–Kier alpha value is -2.41. The topological polar surface area (TPSA) is 48.7 Å². The lowest BCUT2D eigenvalue weighted by Gasteiger charge is -2.09. The molecule has 0 atom stereocenters. The van der Waals surface area contributed by atoms with E-state index >= 15 is 0 Å². The van der Waals surface area contributed by atoms with E-state index in [1.807, 2.05) is 0 Å². The molecule has 0 saturated carbocycles. The number of nitrogens with zero attached hydrogens (tertiary/aromatic N) is 2. The zero-order valence-corrected chi connectivity index (χ0v) is 10.9. The van der Waals surface area contributed by atoms with Gasteiger partial charge in [0.1, 0.15) is 17.7 Å². The van der Waals surface area contributed by atoms with Crippen LogP contribution in [0, 0.1) is 31.0 Å². The summed E-state index contributed by atoms with van der Waals surface area (Å²) in [6.45, 7) is 3.99. The van der Waals surface area contributed by atoms with Gasteiger partial charge in [0.25, 0.3) is 0 Å². The molecule has 2 aromatic rings. The van der Waals surface area contributed by atoms with Gasteiger partial charge in [-0.25, -0.2) is 9.37 Å². The molecule has 1 N–H and O–H groups in total. The molecule has 0 spiro atoms. The molecule has 19 heavy (non-hydrogen) atoms. The maximum atomic E-state index is 13.5. The van der Waals surface area contributed by atoms with Crippen LogP contribution in [0.4, 0.5) is 10.2 Å². The van der Waals surface area contributed by atoms with Crippen LogP contribution in [-0.2, 0) is 6.54 Å². The van der Waals surface area contributed by atoms with Gasteiger partial charge in [-0.05, 0) is 42.7 Å². The van der Waals surface area contributed by atoms with Crippen LogP contribution in [0.1, 0.15) is 22.3 Å². The molecule has 1 heterocycles. The van der Waals surface area contributed by atoms with Crippen molar-refractivity contribution in [2.24, 2.45) is 0 Å². The van der Waals surface area contributed by atoms with Gasteiger partial charge in [0.15, 0.2) is 0 Å². The first kappa shape index (κ1) is 13.0. The van der Waals surface area contributed by atoms with Gasteiger partial charge < -0.3 is 5.32 Å². The van der Waals surface area contributed by atoms with E-state index in [0.29, 0.717) is 29.1 Å². The molecule has 0 saturated heterocycles. The lowest BCUT2D eigenvalue weighted by Crippen LogP contribution is -2.04. The van der Waals surface area contributed by atoms with E-state index in [1.165, 1.54) is 0 Å². The first-order chi connectivity index (χ1) is 9.11. The second kappa shape index (κ2) is 5.49. The maximum absolute atomic E-state index is 13.5. The van der Waals surface area contributed by atoms with E-state index in [-0.39, 0.29) is 5.82 Å². The van der Waals surface area contributed by atoms with Gasteiger partial charge in [0.05, 0.1) is 5.56 Å². The normalized spacial score (nSPS) is 10.0. The maximum Gasteiger partial charge on any atom is 0.144 e. The highest BCUT2D eigenvalue weighted by atomic mass is 19.1. The predicted octanol–water partition coefficient (Wildman–Crippen LogP) is 3.32. The first-order valence-electron chi connectivity index (χ1n) is 5.96. The van der Waals surface area contributed by atoms with Crippen LogP contribution in [0.25, 0.3) is 0 Å². The molecular weight excluding hydrogens is 241 g/mol. The zero-order valence-electron chi connectivity index (χ0n) is 10.9. The molecule has 2 rings (SSSR count). The second-order valence-corrected chi connectivity index (χ2v) is 4.41. The molecule has 0 aliphatic rings. The van der Waals surface area contributed by atoms with E-state index in [9.17, 15) is 4.39 Å². The summed E-state index contributed by atoms with van der Waals surface area (Å²) in [5.41, 5.74) is 2.71. The Balaban J connectivity index is 2.17. The van der Waals surface area contributed by atoms with Crippen molar-refractivity contribution in [3.05, 3.63) is 58.5 Å². The standard InChI is InChI=1S/C15H14FN3/c1-10-6-12(7-11(2)14(10)16)9-19-15-13(8-17)4-3-5-18-15/h3-7H,9H2,1-2H3,(H,18,19). The van der Waals surface area contributed by atoms with Crippen molar-refractivity contribution in [1.82, 2.24) is 4.98 Å². The highest BCUT2D eigenvalue weighted by Crippen LogP contribution is 2.16. The molecule has 0 aliphatic heterocycles. The van der Waals surface area contributed by atoms with Crippen LogP contribution in [0.3, 0.4) is 0 Å². The van der Waals surface area contributed by atoms with Crippen LogP contribution in [0.2, 0.25) is 0 Å². The summed E-state index contributed by atoms with van der Waals surface area (Å²) in [7, 11) is 0. The van der Waals surface area contributed by atoms with Crippen molar-refractivity contribution in [2.45, 2.75) is 20.4 Å². The van der Waals surface area contributed by atoms with Crippen molar-refractivity contribution >= 4 is 5.82 Å². The number of nitrogens with one attached hydrogen (secondary N) is 1. The second-order valence-electron chi connectivity index (χ2n) is 4.41. The molecule has 3 nitrogen and oxygen atoms in total. The van der Waals surface area contributed by atoms with E-state index < -0.39 is 0 Å². The molecule has 0 bridgehead atoms. The number of rotatable bonds is 3. The molecule has 0 amide bonds. The number of benzene rings is 1. The molecule has 0 radical (unpaired) electrons. The van der Waals surface area contributed by atoms with Crippen LogP contribution < -0.4 is 5.32 Å². The van der Waals surface area contributed by atoms with Crippen LogP contribution in [-0.4, -0.2) is 4.98 Å². The predicted molar refractivity (Wildman–Crippen MR) is 72.2 cm³/mol. The van der Waals surface area contributed by atoms with Gasteiger partial charge >= 0.3 is 0 Å². The number of pyridine rings is 1. The number of anilines is 1. The Bertz CT molecular complexity index is 621. The molecular formula is C15H14FN3. The Kier molecular flexibility index (Phi) is 3.76. The van der Waals surface area contributed by atoms with E-state index in [1.54, 1.807) is 44.3 Å². The number of aryl methyl sites for hydroxylation is 2. The minimum Gasteiger partial charge on any atom is -0.365 e. The van der Waals surface area contributed by atoms with Gasteiger partial charge in [-0.15, -0.1) is 0 Å². The zero-order chi connectivity index (χ0) is 13.8. The third-order valence-corrected chi connectivity index (χ3v) is 2.88. The fourth-order valence-electron chi connectivity index (χ4n) is 1.96. The fourth-order valence-corrected chi connectivity index (χ4v) is 1.96. The summed E-state index contributed by atoms with van der Waals surface area (Å²) < 4.78 is 13.5. The summed E-state index contributed by atoms with van der Waals surface area (Å²) in [6.07, 6.45) is 1.63. The molecule has 0 unspecified atom stereocenters. The summed E-state index contributed by atoms with van der Waals surface area (Å²) in [6, 6.07) is 9.09. The van der Waals surface area contributed by atoms with Gasteiger partial charge in [-0.2, -0.15) is 5.26 Å². The molecule has 1 aromatic heterocycles. The first-order valence-corrected chi connectivity index (χ1v) is 5.96. The van der Waals surface area contributed by atoms with Gasteiger partial charge in [-0.1, -0.05) is 12.1 Å². The Morgan fingerprint density at radius 1 is 1.32 bits per heavy atom. The third kappa shape index (κ3) is 2.89. The lowest BCUT2D eigenvalue weighted by molar-refractivity contribution is 0.608. The molecule has 1 aromatic carbocycles. The molecule has 0 aliphatic carbocycles. The summed E-state index contributed by atoms with van der Waals surface area (Å²) in [4.78, 5) is 4.12. The van der Waals surface area contributed by atoms with Crippen molar-refractivity contribution in [3.8, 4) is 6.07 Å².